The molecule has 2 heterocycles. The van der Waals surface area contributed by atoms with Crippen LogP contribution in [0.3, 0.4) is 0 Å². The Labute approximate surface area is 204 Å². The van der Waals surface area contributed by atoms with Crippen molar-refractivity contribution >= 4 is 11.9 Å². The van der Waals surface area contributed by atoms with Crippen LogP contribution in [0.5, 0.6) is 0 Å². The third-order valence-corrected chi connectivity index (χ3v) is 6.58. The lowest BCUT2D eigenvalue weighted by atomic mass is 9.93. The van der Waals surface area contributed by atoms with Crippen molar-refractivity contribution in [3.05, 3.63) is 118 Å². The van der Waals surface area contributed by atoms with Crippen molar-refractivity contribution in [2.45, 2.75) is 32.9 Å². The molecule has 6 nitrogen and oxygen atoms in total. The number of amides is 1. The Morgan fingerprint density at radius 3 is 2.43 bits per heavy atom. The van der Waals surface area contributed by atoms with Gasteiger partial charge in [-0.3, -0.25) is 4.79 Å². The zero-order valence-corrected chi connectivity index (χ0v) is 20.1. The van der Waals surface area contributed by atoms with E-state index in [0.717, 1.165) is 33.8 Å². The summed E-state index contributed by atoms with van der Waals surface area (Å²) >= 11 is 0. The number of fused-ring (bicyclic) bond motifs is 1. The summed E-state index contributed by atoms with van der Waals surface area (Å²) in [4.78, 5) is 27.6. The average Bonchev–Trinajstić information content (AvgIpc) is 3.17. The van der Waals surface area contributed by atoms with Crippen molar-refractivity contribution in [3.8, 4) is 5.69 Å². The molecule has 0 saturated heterocycles. The minimum Gasteiger partial charge on any atom is -0.454 e. The van der Waals surface area contributed by atoms with Crippen LogP contribution in [0.15, 0.2) is 78.9 Å². The van der Waals surface area contributed by atoms with Crippen molar-refractivity contribution in [1.82, 2.24) is 14.7 Å². The van der Waals surface area contributed by atoms with E-state index in [0.29, 0.717) is 24.1 Å². The number of cyclic esters (lactones) is 1. The number of benzene rings is 3. The maximum atomic E-state index is 13.3. The standard InChI is InChI=1S/C29H27N3O3/c1-19-26(20(2)32(30-19)24-12-8-5-9-13-24)18-31(3)28(33)22-14-15-25-23(16-22)17-27(35-29(25)34)21-10-6-4-7-11-21/h4-16,27H,17-18H2,1-3H3. The largest absolute Gasteiger partial charge is 0.454 e. The molecule has 6 heteroatoms. The summed E-state index contributed by atoms with van der Waals surface area (Å²) in [5.41, 5.74) is 6.77. The fourth-order valence-electron chi connectivity index (χ4n) is 4.64. The number of carbonyl (C=O) groups is 2. The first-order valence-corrected chi connectivity index (χ1v) is 11.7. The van der Waals surface area contributed by atoms with Crippen LogP contribution in [-0.2, 0) is 17.7 Å². The SMILES string of the molecule is Cc1nn(-c2ccccc2)c(C)c1CN(C)C(=O)c1ccc2c(c1)CC(c1ccccc1)OC2=O. The Balaban J connectivity index is 1.37. The number of esters is 1. The van der Waals surface area contributed by atoms with Gasteiger partial charge in [0, 0.05) is 36.8 Å². The Kier molecular flexibility index (Phi) is 5.95. The molecule has 0 radical (unpaired) electrons. The monoisotopic (exact) mass is 465 g/mol. The first-order chi connectivity index (χ1) is 16.9. The highest BCUT2D eigenvalue weighted by Gasteiger charge is 2.28. The minimum absolute atomic E-state index is 0.103. The number of para-hydroxylation sites is 1. The number of carbonyl (C=O) groups excluding carboxylic acids is 2. The Bertz CT molecular complexity index is 1390. The van der Waals surface area contributed by atoms with Crippen molar-refractivity contribution in [2.75, 3.05) is 7.05 Å². The molecule has 176 valence electrons. The zero-order valence-electron chi connectivity index (χ0n) is 20.1. The molecule has 1 unspecified atom stereocenters. The van der Waals surface area contributed by atoms with Gasteiger partial charge >= 0.3 is 5.97 Å². The predicted molar refractivity (Wildman–Crippen MR) is 134 cm³/mol. The molecule has 0 fully saturated rings. The van der Waals surface area contributed by atoms with Crippen molar-refractivity contribution in [2.24, 2.45) is 0 Å². The van der Waals surface area contributed by atoms with E-state index in [-0.39, 0.29) is 18.0 Å². The lowest BCUT2D eigenvalue weighted by molar-refractivity contribution is 0.0252. The molecule has 1 aliphatic heterocycles. The topological polar surface area (TPSA) is 64.4 Å². The molecule has 4 aromatic rings. The number of nitrogens with zero attached hydrogens (tertiary/aromatic N) is 3. The maximum Gasteiger partial charge on any atom is 0.339 e. The number of rotatable bonds is 5. The Morgan fingerprint density at radius 1 is 1.03 bits per heavy atom. The first kappa shape index (κ1) is 22.6. The molecular weight excluding hydrogens is 438 g/mol. The zero-order chi connectivity index (χ0) is 24.5. The lowest BCUT2D eigenvalue weighted by Gasteiger charge is -2.26. The van der Waals surface area contributed by atoms with E-state index in [4.69, 9.17) is 9.84 Å². The maximum absolute atomic E-state index is 13.3. The van der Waals surface area contributed by atoms with Gasteiger partial charge in [0.25, 0.3) is 5.91 Å². The van der Waals surface area contributed by atoms with Crippen molar-refractivity contribution in [3.63, 3.8) is 0 Å². The number of ether oxygens (including phenoxy) is 1. The summed E-state index contributed by atoms with van der Waals surface area (Å²) in [5.74, 6) is -0.457. The summed E-state index contributed by atoms with van der Waals surface area (Å²) in [6.07, 6.45) is 0.186. The second kappa shape index (κ2) is 9.22. The molecule has 1 aromatic heterocycles. The van der Waals surface area contributed by atoms with E-state index in [1.54, 1.807) is 24.1 Å². The van der Waals surface area contributed by atoms with Crippen molar-refractivity contribution in [1.29, 1.82) is 0 Å². The third kappa shape index (κ3) is 4.35. The van der Waals surface area contributed by atoms with Crippen LogP contribution in [0.1, 0.15) is 54.9 Å². The molecule has 1 atom stereocenters. The van der Waals surface area contributed by atoms with Crippen molar-refractivity contribution < 1.29 is 14.3 Å². The fraction of sp³-hybridized carbons (Fsp3) is 0.207. The molecule has 0 N–H and O–H groups in total. The van der Waals surface area contributed by atoms with Gasteiger partial charge in [-0.05, 0) is 55.3 Å². The van der Waals surface area contributed by atoms with E-state index in [1.165, 1.54) is 0 Å². The van der Waals surface area contributed by atoms with Crippen LogP contribution in [0.4, 0.5) is 0 Å². The van der Waals surface area contributed by atoms with Gasteiger partial charge in [0.1, 0.15) is 6.10 Å². The fourth-order valence-corrected chi connectivity index (χ4v) is 4.64. The Hall–Kier alpha value is -4.19. The molecule has 0 aliphatic carbocycles. The molecule has 0 spiro atoms. The molecule has 1 amide bonds. The number of aryl methyl sites for hydroxylation is 1. The summed E-state index contributed by atoms with van der Waals surface area (Å²) in [6.45, 7) is 4.43. The Morgan fingerprint density at radius 2 is 1.71 bits per heavy atom. The lowest BCUT2D eigenvalue weighted by Crippen LogP contribution is -2.28. The summed E-state index contributed by atoms with van der Waals surface area (Å²) in [5, 5.41) is 4.70. The number of hydrogen-bond donors (Lipinski definition) is 0. The second-order valence-corrected chi connectivity index (χ2v) is 8.94. The highest BCUT2D eigenvalue weighted by atomic mass is 16.5. The van der Waals surface area contributed by atoms with E-state index in [9.17, 15) is 9.59 Å². The van der Waals surface area contributed by atoms with Gasteiger partial charge < -0.3 is 9.64 Å². The summed E-state index contributed by atoms with van der Waals surface area (Å²) in [7, 11) is 1.79. The normalized spacial score (nSPS) is 14.8. The van der Waals surface area contributed by atoms with Crippen LogP contribution in [0.2, 0.25) is 0 Å². The highest BCUT2D eigenvalue weighted by molar-refractivity contribution is 5.97. The average molecular weight is 466 g/mol. The quantitative estimate of drug-likeness (QED) is 0.379. The van der Waals surface area contributed by atoms with Gasteiger partial charge in [0.15, 0.2) is 0 Å². The summed E-state index contributed by atoms with van der Waals surface area (Å²) < 4.78 is 7.56. The predicted octanol–water partition coefficient (Wildman–Crippen LogP) is 5.22. The molecule has 3 aromatic carbocycles. The molecule has 0 saturated carbocycles. The number of hydrogen-bond acceptors (Lipinski definition) is 4. The van der Waals surface area contributed by atoms with Crippen LogP contribution >= 0.6 is 0 Å². The summed E-state index contributed by atoms with van der Waals surface area (Å²) in [6, 6.07) is 24.9. The molecule has 5 rings (SSSR count). The van der Waals surface area contributed by atoms with Gasteiger partial charge in [-0.25, -0.2) is 9.48 Å². The second-order valence-electron chi connectivity index (χ2n) is 8.94. The van der Waals surface area contributed by atoms with Gasteiger partial charge in [0.05, 0.1) is 16.9 Å². The smallest absolute Gasteiger partial charge is 0.339 e. The van der Waals surface area contributed by atoms with E-state index in [2.05, 4.69) is 0 Å². The van der Waals surface area contributed by atoms with Crippen LogP contribution in [-0.4, -0.2) is 33.6 Å². The van der Waals surface area contributed by atoms with Crippen LogP contribution in [0, 0.1) is 13.8 Å². The highest BCUT2D eigenvalue weighted by Crippen LogP contribution is 2.31. The molecule has 0 bridgehead atoms. The van der Waals surface area contributed by atoms with E-state index < -0.39 is 0 Å². The molecular formula is C29H27N3O3. The third-order valence-electron chi connectivity index (χ3n) is 6.58. The van der Waals surface area contributed by atoms with Crippen LogP contribution < -0.4 is 0 Å². The van der Waals surface area contributed by atoms with Crippen LogP contribution in [0.25, 0.3) is 5.69 Å². The van der Waals surface area contributed by atoms with Gasteiger partial charge in [-0.2, -0.15) is 5.10 Å². The van der Waals surface area contributed by atoms with E-state index >= 15 is 0 Å². The number of aromatic nitrogens is 2. The van der Waals surface area contributed by atoms with Gasteiger partial charge in [-0.15, -0.1) is 0 Å². The molecule has 35 heavy (non-hydrogen) atoms. The minimum atomic E-state index is -0.355. The first-order valence-electron chi connectivity index (χ1n) is 11.7. The van der Waals surface area contributed by atoms with E-state index in [1.807, 2.05) is 85.3 Å². The van der Waals surface area contributed by atoms with Gasteiger partial charge in [0.2, 0.25) is 0 Å². The molecule has 1 aliphatic rings. The van der Waals surface area contributed by atoms with Gasteiger partial charge in [-0.1, -0.05) is 48.5 Å².